The third kappa shape index (κ3) is 2.98. The van der Waals surface area contributed by atoms with E-state index >= 15 is 0 Å². The van der Waals surface area contributed by atoms with E-state index in [0.717, 1.165) is 39.4 Å². The Kier molecular flexibility index (Phi) is 3.86. The van der Waals surface area contributed by atoms with E-state index in [1.54, 1.807) is 0 Å². The van der Waals surface area contributed by atoms with Crippen LogP contribution in [0.15, 0.2) is 0 Å². The molecular formula is C13H22N2O. The maximum atomic E-state index is 5.31. The molecule has 0 amide bonds. The van der Waals surface area contributed by atoms with Gasteiger partial charge < -0.3 is 10.1 Å². The van der Waals surface area contributed by atoms with Gasteiger partial charge in [0.15, 0.2) is 0 Å². The molecule has 3 heteroatoms. The first-order chi connectivity index (χ1) is 7.72. The molecule has 2 aliphatic heterocycles. The summed E-state index contributed by atoms with van der Waals surface area (Å²) in [6.07, 6.45) is 7.76. The lowest BCUT2D eigenvalue weighted by Gasteiger charge is -2.40. The zero-order valence-electron chi connectivity index (χ0n) is 10.2. The summed E-state index contributed by atoms with van der Waals surface area (Å²) in [7, 11) is 0. The molecule has 0 atom stereocenters. The molecule has 2 fully saturated rings. The molecule has 0 aromatic carbocycles. The van der Waals surface area contributed by atoms with Crippen molar-refractivity contribution < 1.29 is 4.74 Å². The second-order valence-corrected chi connectivity index (χ2v) is 5.44. The second kappa shape index (κ2) is 5.18. The average Bonchev–Trinajstić information content (AvgIpc) is 2.26. The van der Waals surface area contributed by atoms with E-state index < -0.39 is 0 Å². The Labute approximate surface area is 98.5 Å². The monoisotopic (exact) mass is 222 g/mol. The lowest BCUT2D eigenvalue weighted by atomic mass is 9.88. The summed E-state index contributed by atoms with van der Waals surface area (Å²) in [6, 6.07) is 0.673. The summed E-state index contributed by atoms with van der Waals surface area (Å²) in [5.41, 5.74) is 0.385. The molecule has 2 saturated heterocycles. The molecular weight excluding hydrogens is 200 g/mol. The highest BCUT2D eigenvalue weighted by Crippen LogP contribution is 2.25. The summed E-state index contributed by atoms with van der Waals surface area (Å²) in [5, 5.41) is 3.67. The fraction of sp³-hybridized carbons (Fsp3) is 0.846. The van der Waals surface area contributed by atoms with E-state index in [1.165, 1.54) is 12.8 Å². The van der Waals surface area contributed by atoms with Crippen LogP contribution in [0, 0.1) is 17.8 Å². The molecule has 0 bridgehead atoms. The molecule has 2 rings (SSSR count). The fourth-order valence-electron chi connectivity index (χ4n) is 2.37. The Morgan fingerprint density at radius 3 is 2.62 bits per heavy atom. The van der Waals surface area contributed by atoms with Gasteiger partial charge in [-0.05, 0) is 12.8 Å². The van der Waals surface area contributed by atoms with Gasteiger partial charge in [0.05, 0.1) is 19.8 Å². The van der Waals surface area contributed by atoms with Crippen LogP contribution in [0.5, 0.6) is 0 Å². The number of rotatable bonds is 4. The van der Waals surface area contributed by atoms with Crippen LogP contribution in [0.4, 0.5) is 0 Å². The molecule has 0 aromatic heterocycles. The van der Waals surface area contributed by atoms with Crippen molar-refractivity contribution >= 4 is 0 Å². The minimum atomic E-state index is 0.385. The van der Waals surface area contributed by atoms with Crippen molar-refractivity contribution in [2.45, 2.75) is 25.8 Å². The SMILES string of the molecule is C#CCN1CCC(NCC2(C)COC2)CC1. The number of hydrogen-bond donors (Lipinski definition) is 1. The van der Waals surface area contributed by atoms with Crippen molar-refractivity contribution in [2.75, 3.05) is 39.4 Å². The van der Waals surface area contributed by atoms with Crippen molar-refractivity contribution in [3.63, 3.8) is 0 Å². The van der Waals surface area contributed by atoms with Gasteiger partial charge in [0.25, 0.3) is 0 Å². The summed E-state index contributed by atoms with van der Waals surface area (Å²) in [5.74, 6) is 2.72. The quantitative estimate of drug-likeness (QED) is 0.709. The van der Waals surface area contributed by atoms with Crippen LogP contribution in [0.3, 0.4) is 0 Å². The predicted octanol–water partition coefficient (Wildman–Crippen LogP) is 0.710. The highest BCUT2D eigenvalue weighted by molar-refractivity contribution is 4.91. The van der Waals surface area contributed by atoms with Crippen molar-refractivity contribution in [1.82, 2.24) is 10.2 Å². The van der Waals surface area contributed by atoms with Gasteiger partial charge in [-0.3, -0.25) is 4.90 Å². The van der Waals surface area contributed by atoms with Crippen LogP contribution in [-0.4, -0.2) is 50.3 Å². The van der Waals surface area contributed by atoms with Gasteiger partial charge >= 0.3 is 0 Å². The maximum absolute atomic E-state index is 5.31. The smallest absolute Gasteiger partial charge is 0.0598 e. The highest BCUT2D eigenvalue weighted by Gasteiger charge is 2.33. The molecule has 2 aliphatic rings. The number of terminal acetylenes is 1. The van der Waals surface area contributed by atoms with Gasteiger partial charge in [-0.1, -0.05) is 12.8 Å². The van der Waals surface area contributed by atoms with Crippen LogP contribution in [-0.2, 0) is 4.74 Å². The predicted molar refractivity (Wildman–Crippen MR) is 65.2 cm³/mol. The van der Waals surface area contributed by atoms with Gasteiger partial charge in [0.2, 0.25) is 0 Å². The van der Waals surface area contributed by atoms with Gasteiger partial charge in [0, 0.05) is 31.1 Å². The molecule has 2 heterocycles. The molecule has 0 radical (unpaired) electrons. The number of ether oxygens (including phenoxy) is 1. The van der Waals surface area contributed by atoms with Gasteiger partial charge in [-0.2, -0.15) is 0 Å². The average molecular weight is 222 g/mol. The van der Waals surface area contributed by atoms with E-state index in [4.69, 9.17) is 11.2 Å². The van der Waals surface area contributed by atoms with Crippen LogP contribution in [0.2, 0.25) is 0 Å². The van der Waals surface area contributed by atoms with Gasteiger partial charge in [-0.25, -0.2) is 0 Å². The Hall–Kier alpha value is -0.560. The second-order valence-electron chi connectivity index (χ2n) is 5.44. The van der Waals surface area contributed by atoms with Crippen LogP contribution < -0.4 is 5.32 Å². The molecule has 16 heavy (non-hydrogen) atoms. The van der Waals surface area contributed by atoms with Crippen molar-refractivity contribution in [1.29, 1.82) is 0 Å². The molecule has 0 saturated carbocycles. The molecule has 1 N–H and O–H groups in total. The molecule has 90 valence electrons. The van der Waals surface area contributed by atoms with Crippen molar-refractivity contribution in [3.8, 4) is 12.3 Å². The lowest BCUT2D eigenvalue weighted by Crippen LogP contribution is -2.51. The standard InChI is InChI=1S/C13H22N2O/c1-3-6-15-7-4-12(5-8-15)14-9-13(2)10-16-11-13/h1,12,14H,4-11H2,2H3. The fourth-order valence-corrected chi connectivity index (χ4v) is 2.37. The number of likely N-dealkylation sites (tertiary alicyclic amines) is 1. The highest BCUT2D eigenvalue weighted by atomic mass is 16.5. The first-order valence-corrected chi connectivity index (χ1v) is 6.19. The van der Waals surface area contributed by atoms with E-state index in [-0.39, 0.29) is 0 Å². The van der Waals surface area contributed by atoms with Crippen molar-refractivity contribution in [2.24, 2.45) is 5.41 Å². The van der Waals surface area contributed by atoms with Crippen LogP contribution >= 0.6 is 0 Å². The zero-order chi connectivity index (χ0) is 11.4. The first kappa shape index (κ1) is 11.9. The summed E-state index contributed by atoms with van der Waals surface area (Å²) >= 11 is 0. The molecule has 3 nitrogen and oxygen atoms in total. The third-order valence-corrected chi connectivity index (χ3v) is 3.62. The third-order valence-electron chi connectivity index (χ3n) is 3.62. The van der Waals surface area contributed by atoms with E-state index in [2.05, 4.69) is 23.1 Å². The maximum Gasteiger partial charge on any atom is 0.0598 e. The van der Waals surface area contributed by atoms with E-state index in [9.17, 15) is 0 Å². The summed E-state index contributed by atoms with van der Waals surface area (Å²) in [4.78, 5) is 2.35. The number of nitrogens with zero attached hydrogens (tertiary/aromatic N) is 1. The molecule has 0 spiro atoms. The Morgan fingerprint density at radius 1 is 1.44 bits per heavy atom. The normalized spacial score (nSPS) is 26.0. The van der Waals surface area contributed by atoms with E-state index in [0.29, 0.717) is 11.5 Å². The molecule has 0 unspecified atom stereocenters. The number of piperidine rings is 1. The summed E-state index contributed by atoms with van der Waals surface area (Å²) < 4.78 is 5.26. The number of nitrogens with one attached hydrogen (secondary N) is 1. The summed E-state index contributed by atoms with van der Waals surface area (Å²) in [6.45, 7) is 8.28. The van der Waals surface area contributed by atoms with Crippen molar-refractivity contribution in [3.05, 3.63) is 0 Å². The van der Waals surface area contributed by atoms with Gasteiger partial charge in [-0.15, -0.1) is 6.42 Å². The Bertz CT molecular complexity index is 260. The largest absolute Gasteiger partial charge is 0.380 e. The molecule has 0 aromatic rings. The van der Waals surface area contributed by atoms with E-state index in [1.807, 2.05) is 0 Å². The lowest BCUT2D eigenvalue weighted by molar-refractivity contribution is -0.100. The zero-order valence-corrected chi connectivity index (χ0v) is 10.2. The molecule has 0 aliphatic carbocycles. The first-order valence-electron chi connectivity index (χ1n) is 6.19. The number of hydrogen-bond acceptors (Lipinski definition) is 3. The van der Waals surface area contributed by atoms with Crippen LogP contribution in [0.25, 0.3) is 0 Å². The minimum absolute atomic E-state index is 0.385. The van der Waals surface area contributed by atoms with Crippen LogP contribution in [0.1, 0.15) is 19.8 Å². The minimum Gasteiger partial charge on any atom is -0.380 e. The Balaban J connectivity index is 1.64. The topological polar surface area (TPSA) is 24.5 Å². The Morgan fingerprint density at radius 2 is 2.12 bits per heavy atom. The van der Waals surface area contributed by atoms with Gasteiger partial charge in [0.1, 0.15) is 0 Å².